The summed E-state index contributed by atoms with van der Waals surface area (Å²) in [5.74, 6) is -0.885. The number of ketones is 2. The Labute approximate surface area is 210 Å². The lowest BCUT2D eigenvalue weighted by Gasteiger charge is -2.39. The highest BCUT2D eigenvalue weighted by Gasteiger charge is 2.45. The van der Waals surface area contributed by atoms with Gasteiger partial charge in [0.15, 0.2) is 11.6 Å². The van der Waals surface area contributed by atoms with Crippen LogP contribution in [0, 0.1) is 0 Å². The fraction of sp³-hybridized carbons (Fsp3) is 0.214. The average molecular weight is 498 g/mol. The third-order valence-corrected chi connectivity index (χ3v) is 7.37. The highest BCUT2D eigenvalue weighted by atomic mass is 16.5. The first-order chi connectivity index (χ1) is 17.8. The second kappa shape index (κ2) is 8.19. The Balaban J connectivity index is 1.61. The summed E-state index contributed by atoms with van der Waals surface area (Å²) in [6.07, 6.45) is 3.30. The maximum absolute atomic E-state index is 13.7. The number of para-hydroxylation sites is 1. The van der Waals surface area contributed by atoms with Gasteiger partial charge in [-0.3, -0.25) is 9.59 Å². The summed E-state index contributed by atoms with van der Waals surface area (Å²) in [5.41, 5.74) is 1.76. The largest absolute Gasteiger partial charge is 0.508 e. The van der Waals surface area contributed by atoms with Crippen LogP contribution in [-0.2, 0) is 16.1 Å². The van der Waals surface area contributed by atoms with E-state index in [0.717, 1.165) is 10.1 Å². The molecule has 9 heteroatoms. The van der Waals surface area contributed by atoms with Crippen LogP contribution in [0.2, 0.25) is 0 Å². The number of aromatic hydroxyl groups is 1. The lowest BCUT2D eigenvalue weighted by molar-refractivity contribution is -0.116. The topological polar surface area (TPSA) is 113 Å². The molecule has 2 heterocycles. The highest BCUT2D eigenvalue weighted by molar-refractivity contribution is 6.23. The van der Waals surface area contributed by atoms with Gasteiger partial charge in [-0.25, -0.2) is 23.5 Å². The summed E-state index contributed by atoms with van der Waals surface area (Å²) < 4.78 is 9.44. The molecule has 2 aliphatic carbocycles. The Bertz CT molecular complexity index is 1710. The van der Waals surface area contributed by atoms with Crippen molar-refractivity contribution in [1.29, 1.82) is 0 Å². The molecule has 3 aliphatic rings. The molecule has 0 radical (unpaired) electrons. The molecule has 1 aliphatic heterocycles. The van der Waals surface area contributed by atoms with E-state index >= 15 is 0 Å². The number of carbonyl (C=O) groups is 2. The van der Waals surface area contributed by atoms with Gasteiger partial charge in [0.2, 0.25) is 0 Å². The van der Waals surface area contributed by atoms with Crippen molar-refractivity contribution in [3.8, 4) is 17.2 Å². The SMILES string of the molecule is COc1cc(O)ccc1[C@H]1C2=CCn3c(=O)n(-c4ccccc4)c(=O)n3[C@@H]2CC2=C1C(=O)C=C(C)C2=O. The summed E-state index contributed by atoms with van der Waals surface area (Å²) >= 11 is 0. The Morgan fingerprint density at radius 1 is 1.00 bits per heavy atom. The number of ether oxygens (including phenoxy) is 1. The predicted molar refractivity (Wildman–Crippen MR) is 134 cm³/mol. The minimum absolute atomic E-state index is 0.00781. The third kappa shape index (κ3) is 3.23. The summed E-state index contributed by atoms with van der Waals surface area (Å²) in [6.45, 7) is 1.72. The van der Waals surface area contributed by atoms with Crippen LogP contribution in [0.1, 0.15) is 30.9 Å². The molecule has 1 aromatic heterocycles. The number of methoxy groups -OCH3 is 1. The monoisotopic (exact) mass is 497 g/mol. The molecular formula is C28H23N3O6. The van der Waals surface area contributed by atoms with E-state index in [-0.39, 0.29) is 30.3 Å². The van der Waals surface area contributed by atoms with Crippen LogP contribution >= 0.6 is 0 Å². The first-order valence-corrected chi connectivity index (χ1v) is 11.9. The molecule has 186 valence electrons. The van der Waals surface area contributed by atoms with E-state index in [9.17, 15) is 24.3 Å². The van der Waals surface area contributed by atoms with Crippen molar-refractivity contribution in [2.45, 2.75) is 31.8 Å². The maximum Gasteiger partial charge on any atom is 0.352 e. The van der Waals surface area contributed by atoms with Crippen LogP contribution in [0.5, 0.6) is 11.5 Å². The number of allylic oxidation sites excluding steroid dienone is 6. The molecule has 37 heavy (non-hydrogen) atoms. The van der Waals surface area contributed by atoms with Crippen molar-refractivity contribution in [1.82, 2.24) is 13.9 Å². The lowest BCUT2D eigenvalue weighted by atomic mass is 9.68. The van der Waals surface area contributed by atoms with Gasteiger partial charge in [-0.05, 0) is 36.8 Å². The first-order valence-electron chi connectivity index (χ1n) is 11.9. The molecule has 0 spiro atoms. The molecule has 2 atom stereocenters. The summed E-state index contributed by atoms with van der Waals surface area (Å²) in [6, 6.07) is 12.6. The number of hydrogen-bond donors (Lipinski definition) is 1. The molecule has 9 nitrogen and oxygen atoms in total. The van der Waals surface area contributed by atoms with Crippen LogP contribution in [-0.4, -0.2) is 37.7 Å². The normalized spacial score (nSPS) is 20.6. The van der Waals surface area contributed by atoms with Gasteiger partial charge >= 0.3 is 11.4 Å². The van der Waals surface area contributed by atoms with E-state index < -0.39 is 23.3 Å². The van der Waals surface area contributed by atoms with Gasteiger partial charge in [0.25, 0.3) is 0 Å². The standard InChI is InChI=1S/C28H23N3O6/c1-15-12-22(33)25-20(26(15)34)14-21-18(24(25)19-9-8-17(32)13-23(19)37-2)10-11-29-27(35)30(28(36)31(21)29)16-6-4-3-5-7-16/h3-10,12-13,21,24,32H,11,14H2,1-2H3/t21-,24-/m1/s1. The molecule has 2 aromatic carbocycles. The second-order valence-electron chi connectivity index (χ2n) is 9.36. The Hall–Kier alpha value is -4.66. The number of rotatable bonds is 3. The minimum Gasteiger partial charge on any atom is -0.508 e. The zero-order chi connectivity index (χ0) is 26.0. The fourth-order valence-corrected chi connectivity index (χ4v) is 5.75. The van der Waals surface area contributed by atoms with E-state index in [4.69, 9.17) is 4.74 Å². The van der Waals surface area contributed by atoms with Gasteiger partial charge < -0.3 is 9.84 Å². The number of hydrogen-bond acceptors (Lipinski definition) is 6. The fourth-order valence-electron chi connectivity index (χ4n) is 5.75. The van der Waals surface area contributed by atoms with Crippen LogP contribution in [0.25, 0.3) is 5.69 Å². The number of fused-ring (bicyclic) bond motifs is 3. The predicted octanol–water partition coefficient (Wildman–Crippen LogP) is 2.58. The number of phenolic OH excluding ortho intramolecular Hbond substituents is 1. The van der Waals surface area contributed by atoms with Crippen molar-refractivity contribution in [3.63, 3.8) is 0 Å². The number of nitrogens with zero attached hydrogens (tertiary/aromatic N) is 3. The van der Waals surface area contributed by atoms with E-state index in [2.05, 4.69) is 0 Å². The van der Waals surface area contributed by atoms with Crippen molar-refractivity contribution < 1.29 is 19.4 Å². The van der Waals surface area contributed by atoms with E-state index in [1.165, 1.54) is 34.7 Å². The lowest BCUT2D eigenvalue weighted by Crippen LogP contribution is -2.40. The molecule has 1 N–H and O–H groups in total. The number of Topliss-reactive ketones (excluding diaryl/α,β-unsaturated/α-hetero) is 1. The molecule has 0 saturated carbocycles. The average Bonchev–Trinajstić information content (AvgIpc) is 3.16. The van der Waals surface area contributed by atoms with E-state index in [1.54, 1.807) is 43.3 Å². The quantitative estimate of drug-likeness (QED) is 0.440. The third-order valence-electron chi connectivity index (χ3n) is 7.37. The molecule has 0 bridgehead atoms. The number of carbonyl (C=O) groups excluding carboxylic acids is 2. The summed E-state index contributed by atoms with van der Waals surface area (Å²) in [4.78, 5) is 53.7. The van der Waals surface area contributed by atoms with Crippen LogP contribution in [0.4, 0.5) is 0 Å². The summed E-state index contributed by atoms with van der Waals surface area (Å²) in [7, 11) is 1.46. The Kier molecular flexibility index (Phi) is 5.04. The zero-order valence-electron chi connectivity index (χ0n) is 20.2. The Morgan fingerprint density at radius 2 is 1.76 bits per heavy atom. The van der Waals surface area contributed by atoms with Crippen molar-refractivity contribution in [2.24, 2.45) is 0 Å². The van der Waals surface area contributed by atoms with Gasteiger partial charge in [-0.15, -0.1) is 0 Å². The molecule has 0 saturated heterocycles. The number of benzene rings is 2. The molecule has 3 aromatic rings. The zero-order valence-corrected chi connectivity index (χ0v) is 20.2. The van der Waals surface area contributed by atoms with Gasteiger partial charge in [0.05, 0.1) is 25.4 Å². The van der Waals surface area contributed by atoms with Gasteiger partial charge in [0, 0.05) is 40.7 Å². The molecule has 0 amide bonds. The van der Waals surface area contributed by atoms with E-state index in [0.29, 0.717) is 33.7 Å². The van der Waals surface area contributed by atoms with Crippen LogP contribution in [0.3, 0.4) is 0 Å². The van der Waals surface area contributed by atoms with Gasteiger partial charge in [0.1, 0.15) is 11.5 Å². The van der Waals surface area contributed by atoms with Crippen LogP contribution in [0.15, 0.2) is 92.6 Å². The van der Waals surface area contributed by atoms with E-state index in [1.807, 2.05) is 6.08 Å². The highest BCUT2D eigenvalue weighted by Crippen LogP contribution is 2.51. The van der Waals surface area contributed by atoms with Gasteiger partial charge in [-0.2, -0.15) is 0 Å². The van der Waals surface area contributed by atoms with Gasteiger partial charge in [-0.1, -0.05) is 30.3 Å². The second-order valence-corrected chi connectivity index (χ2v) is 9.36. The van der Waals surface area contributed by atoms with Crippen molar-refractivity contribution in [3.05, 3.63) is 110 Å². The molecular weight excluding hydrogens is 474 g/mol. The Morgan fingerprint density at radius 3 is 2.49 bits per heavy atom. The molecule has 0 unspecified atom stereocenters. The number of phenols is 1. The van der Waals surface area contributed by atoms with Crippen LogP contribution < -0.4 is 16.1 Å². The smallest absolute Gasteiger partial charge is 0.352 e. The maximum atomic E-state index is 13.7. The first kappa shape index (κ1) is 22.8. The molecule has 0 fully saturated rings. The minimum atomic E-state index is -0.694. The van der Waals surface area contributed by atoms with Crippen molar-refractivity contribution in [2.75, 3.05) is 7.11 Å². The summed E-state index contributed by atoms with van der Waals surface area (Å²) in [5, 5.41) is 10.0. The van der Waals surface area contributed by atoms with Crippen molar-refractivity contribution >= 4 is 11.6 Å². The number of aromatic nitrogens is 3. The molecule has 6 rings (SSSR count).